The Labute approximate surface area is 175 Å². The molecular weight excluding hydrogens is 416 g/mol. The molecule has 0 spiro atoms. The van der Waals surface area contributed by atoms with E-state index in [1.54, 1.807) is 31.2 Å². The number of non-ortho nitro benzene ring substituents is 1. The van der Waals surface area contributed by atoms with Gasteiger partial charge in [-0.3, -0.25) is 24.3 Å². The van der Waals surface area contributed by atoms with Gasteiger partial charge < -0.3 is 5.32 Å². The summed E-state index contributed by atoms with van der Waals surface area (Å²) < 4.78 is 1.51. The maximum atomic E-state index is 12.7. The number of carbonyl (C=O) groups is 1. The lowest BCUT2D eigenvalue weighted by Gasteiger charge is -2.15. The van der Waals surface area contributed by atoms with Crippen molar-refractivity contribution in [1.29, 1.82) is 0 Å². The number of benzene rings is 2. The third-order valence-electron chi connectivity index (χ3n) is 4.21. The number of rotatable bonds is 6. The molecule has 0 aliphatic rings. The minimum absolute atomic E-state index is 0.151. The van der Waals surface area contributed by atoms with Gasteiger partial charge in [0, 0.05) is 18.7 Å². The summed E-state index contributed by atoms with van der Waals surface area (Å²) in [5.74, 6) is -0.414. The van der Waals surface area contributed by atoms with Gasteiger partial charge in [0.1, 0.15) is 0 Å². The number of para-hydroxylation sites is 1. The fraction of sp³-hybridized carbons (Fsp3) is 0.211. The van der Waals surface area contributed by atoms with Gasteiger partial charge >= 0.3 is 0 Å². The van der Waals surface area contributed by atoms with Crippen molar-refractivity contribution in [3.05, 3.63) is 68.0 Å². The Bertz CT molecular complexity index is 1160. The smallest absolute Gasteiger partial charge is 0.271 e. The number of anilines is 1. The van der Waals surface area contributed by atoms with Crippen LogP contribution in [0.15, 0.2) is 52.4 Å². The number of amides is 1. The van der Waals surface area contributed by atoms with Crippen LogP contribution in [0.1, 0.15) is 13.8 Å². The molecule has 0 radical (unpaired) electrons. The second-order valence-corrected chi connectivity index (χ2v) is 7.85. The van der Waals surface area contributed by atoms with Crippen LogP contribution in [-0.4, -0.2) is 25.6 Å². The van der Waals surface area contributed by atoms with E-state index in [1.165, 1.54) is 22.8 Å². The zero-order valence-electron chi connectivity index (χ0n) is 15.6. The zero-order chi connectivity index (χ0) is 21.1. The van der Waals surface area contributed by atoms with Gasteiger partial charge in [0.15, 0.2) is 5.16 Å². The summed E-state index contributed by atoms with van der Waals surface area (Å²) in [4.78, 5) is 40.2. The number of nitrogens with one attached hydrogen (secondary N) is 1. The van der Waals surface area contributed by atoms with E-state index in [4.69, 9.17) is 11.6 Å². The number of hydrogen-bond donors (Lipinski definition) is 1. The lowest BCUT2D eigenvalue weighted by molar-refractivity contribution is -0.384. The van der Waals surface area contributed by atoms with Crippen molar-refractivity contribution in [1.82, 2.24) is 9.55 Å². The Balaban J connectivity index is 1.86. The van der Waals surface area contributed by atoms with Gasteiger partial charge in [-0.25, -0.2) is 4.98 Å². The molecule has 2 aromatic carbocycles. The van der Waals surface area contributed by atoms with E-state index in [-0.39, 0.29) is 22.0 Å². The molecule has 0 aliphatic carbocycles. The fourth-order valence-electron chi connectivity index (χ4n) is 2.69. The second-order valence-electron chi connectivity index (χ2n) is 6.13. The second kappa shape index (κ2) is 8.62. The minimum Gasteiger partial charge on any atom is -0.324 e. The number of hydrogen-bond acceptors (Lipinski definition) is 6. The Morgan fingerprint density at radius 3 is 2.76 bits per heavy atom. The van der Waals surface area contributed by atoms with E-state index >= 15 is 0 Å². The van der Waals surface area contributed by atoms with Gasteiger partial charge in [-0.2, -0.15) is 0 Å². The van der Waals surface area contributed by atoms with Crippen molar-refractivity contribution in [2.24, 2.45) is 0 Å². The van der Waals surface area contributed by atoms with Crippen LogP contribution in [-0.2, 0) is 11.3 Å². The maximum Gasteiger partial charge on any atom is 0.271 e. The number of nitro benzene ring substituents is 1. The number of thioether (sulfide) groups is 1. The van der Waals surface area contributed by atoms with E-state index in [0.29, 0.717) is 22.6 Å². The van der Waals surface area contributed by atoms with Gasteiger partial charge in [0.2, 0.25) is 5.91 Å². The Hall–Kier alpha value is -2.91. The molecule has 10 heteroatoms. The van der Waals surface area contributed by atoms with Gasteiger partial charge in [0.05, 0.1) is 31.8 Å². The summed E-state index contributed by atoms with van der Waals surface area (Å²) in [6, 6.07) is 10.8. The first-order valence-corrected chi connectivity index (χ1v) is 9.98. The van der Waals surface area contributed by atoms with Crippen molar-refractivity contribution >= 4 is 51.5 Å². The fourth-order valence-corrected chi connectivity index (χ4v) is 3.82. The van der Waals surface area contributed by atoms with Crippen LogP contribution < -0.4 is 10.9 Å². The summed E-state index contributed by atoms with van der Waals surface area (Å²) in [7, 11) is 0. The third-order valence-corrected chi connectivity index (χ3v) is 5.63. The summed E-state index contributed by atoms with van der Waals surface area (Å²) in [6.45, 7) is 3.90. The van der Waals surface area contributed by atoms with Gasteiger partial charge in [-0.05, 0) is 32.0 Å². The molecule has 1 heterocycles. The molecule has 0 saturated carbocycles. The summed E-state index contributed by atoms with van der Waals surface area (Å²) in [5.41, 5.74) is 0.354. The average Bonchev–Trinajstić information content (AvgIpc) is 2.69. The molecule has 29 heavy (non-hydrogen) atoms. The molecule has 3 aromatic rings. The van der Waals surface area contributed by atoms with Crippen LogP contribution >= 0.6 is 23.4 Å². The predicted molar refractivity (Wildman–Crippen MR) is 114 cm³/mol. The highest BCUT2D eigenvalue weighted by molar-refractivity contribution is 8.00. The molecule has 1 N–H and O–H groups in total. The lowest BCUT2D eigenvalue weighted by Crippen LogP contribution is -2.26. The number of halogens is 1. The molecular formula is C19H17ClN4O4S. The van der Waals surface area contributed by atoms with Crippen molar-refractivity contribution < 1.29 is 9.72 Å². The highest BCUT2D eigenvalue weighted by atomic mass is 35.5. The Morgan fingerprint density at radius 1 is 1.34 bits per heavy atom. The van der Waals surface area contributed by atoms with Gasteiger partial charge in [-0.1, -0.05) is 35.5 Å². The third kappa shape index (κ3) is 4.41. The SMILES string of the molecule is CCn1c(SC(C)C(=O)Nc2cc([N+](=O)[O-])ccc2Cl)nc2ccccc2c1=O. The molecule has 1 amide bonds. The van der Waals surface area contributed by atoms with Gasteiger partial charge in [-0.15, -0.1) is 0 Å². The van der Waals surface area contributed by atoms with Crippen LogP contribution in [0.25, 0.3) is 10.9 Å². The van der Waals surface area contributed by atoms with E-state index in [2.05, 4.69) is 10.3 Å². The first-order valence-electron chi connectivity index (χ1n) is 8.72. The number of carbonyl (C=O) groups excluding carboxylic acids is 1. The van der Waals surface area contributed by atoms with E-state index in [0.717, 1.165) is 11.8 Å². The zero-order valence-corrected chi connectivity index (χ0v) is 17.2. The average molecular weight is 433 g/mol. The van der Waals surface area contributed by atoms with Crippen molar-refractivity contribution in [2.45, 2.75) is 30.8 Å². The van der Waals surface area contributed by atoms with Crippen LogP contribution in [0.3, 0.4) is 0 Å². The first kappa shape index (κ1) is 20.8. The summed E-state index contributed by atoms with van der Waals surface area (Å²) in [6.07, 6.45) is 0. The molecule has 1 aromatic heterocycles. The van der Waals surface area contributed by atoms with Crippen LogP contribution in [0.2, 0.25) is 5.02 Å². The van der Waals surface area contributed by atoms with Crippen molar-refractivity contribution in [3.8, 4) is 0 Å². The molecule has 0 bridgehead atoms. The molecule has 0 aliphatic heterocycles. The number of nitro groups is 1. The number of nitrogens with zero attached hydrogens (tertiary/aromatic N) is 3. The monoisotopic (exact) mass is 432 g/mol. The molecule has 3 rings (SSSR count). The lowest BCUT2D eigenvalue weighted by atomic mass is 10.2. The molecule has 0 fully saturated rings. The van der Waals surface area contributed by atoms with E-state index < -0.39 is 16.1 Å². The van der Waals surface area contributed by atoms with Crippen LogP contribution in [0.5, 0.6) is 0 Å². The largest absolute Gasteiger partial charge is 0.324 e. The van der Waals surface area contributed by atoms with Gasteiger partial charge in [0.25, 0.3) is 11.2 Å². The summed E-state index contributed by atoms with van der Waals surface area (Å²) >= 11 is 7.17. The Morgan fingerprint density at radius 2 is 2.07 bits per heavy atom. The maximum absolute atomic E-state index is 12.7. The molecule has 150 valence electrons. The minimum atomic E-state index is -0.629. The molecule has 0 saturated heterocycles. The van der Waals surface area contributed by atoms with E-state index in [9.17, 15) is 19.7 Å². The Kier molecular flexibility index (Phi) is 6.19. The quantitative estimate of drug-likeness (QED) is 0.272. The normalized spacial score (nSPS) is 12.0. The number of aromatic nitrogens is 2. The first-order chi connectivity index (χ1) is 13.8. The standard InChI is InChI=1S/C19H17ClN4O4S/c1-3-23-18(26)13-6-4-5-7-15(13)22-19(23)29-11(2)17(25)21-16-10-12(24(27)28)8-9-14(16)20/h4-11H,3H2,1-2H3,(H,21,25). The molecule has 1 atom stereocenters. The van der Waals surface area contributed by atoms with Crippen LogP contribution in [0.4, 0.5) is 11.4 Å². The van der Waals surface area contributed by atoms with Crippen molar-refractivity contribution in [2.75, 3.05) is 5.32 Å². The molecule has 8 nitrogen and oxygen atoms in total. The highest BCUT2D eigenvalue weighted by Gasteiger charge is 2.21. The topological polar surface area (TPSA) is 107 Å². The predicted octanol–water partition coefficient (Wildman–Crippen LogP) is 4.10. The van der Waals surface area contributed by atoms with E-state index in [1.807, 2.05) is 6.92 Å². The number of fused-ring (bicyclic) bond motifs is 1. The molecule has 1 unspecified atom stereocenters. The van der Waals surface area contributed by atoms with Crippen molar-refractivity contribution in [3.63, 3.8) is 0 Å². The highest BCUT2D eigenvalue weighted by Crippen LogP contribution is 2.28. The summed E-state index contributed by atoms with van der Waals surface area (Å²) in [5, 5.41) is 14.0. The van der Waals surface area contributed by atoms with Crippen LogP contribution in [0, 0.1) is 10.1 Å².